The van der Waals surface area contributed by atoms with Crippen LogP contribution in [0.4, 0.5) is 4.39 Å². The summed E-state index contributed by atoms with van der Waals surface area (Å²) in [5.41, 5.74) is 5.61. The molecule has 1 heterocycles. The first-order valence-corrected chi connectivity index (χ1v) is 7.82. The minimum absolute atomic E-state index is 0.211. The predicted octanol–water partition coefficient (Wildman–Crippen LogP) is 3.99. The Hall–Kier alpha value is -1.71. The van der Waals surface area contributed by atoms with Crippen molar-refractivity contribution in [3.63, 3.8) is 0 Å². The molecule has 22 heavy (non-hydrogen) atoms. The fourth-order valence-electron chi connectivity index (χ4n) is 2.97. The minimum atomic E-state index is -0.211. The van der Waals surface area contributed by atoms with E-state index >= 15 is 0 Å². The number of benzene rings is 2. The summed E-state index contributed by atoms with van der Waals surface area (Å²) < 4.78 is 19.6. The Balaban J connectivity index is 1.91. The summed E-state index contributed by atoms with van der Waals surface area (Å²) in [7, 11) is 0. The van der Waals surface area contributed by atoms with Gasteiger partial charge in [-0.15, -0.1) is 0 Å². The van der Waals surface area contributed by atoms with Gasteiger partial charge in [-0.1, -0.05) is 24.3 Å². The van der Waals surface area contributed by atoms with Crippen molar-refractivity contribution in [3.8, 4) is 11.1 Å². The summed E-state index contributed by atoms with van der Waals surface area (Å²) in [5.74, 6) is -0.211. The van der Waals surface area contributed by atoms with Crippen molar-refractivity contribution in [2.75, 3.05) is 13.1 Å². The van der Waals surface area contributed by atoms with E-state index in [-0.39, 0.29) is 11.9 Å². The maximum absolute atomic E-state index is 13.7. The Morgan fingerprint density at radius 2 is 2.05 bits per heavy atom. The van der Waals surface area contributed by atoms with E-state index < -0.39 is 0 Å². The molecule has 1 aliphatic heterocycles. The Morgan fingerprint density at radius 1 is 1.18 bits per heavy atom. The first-order chi connectivity index (χ1) is 10.6. The molecule has 3 heteroatoms. The number of rotatable bonds is 4. The maximum atomic E-state index is 13.7. The summed E-state index contributed by atoms with van der Waals surface area (Å²) in [6.07, 6.45) is 1.25. The van der Waals surface area contributed by atoms with Crippen LogP contribution in [0.15, 0.2) is 36.4 Å². The highest BCUT2D eigenvalue weighted by Gasteiger charge is 2.16. The largest absolute Gasteiger partial charge is 0.372 e. The van der Waals surface area contributed by atoms with Crippen LogP contribution in [-0.4, -0.2) is 19.2 Å². The third-order valence-electron chi connectivity index (χ3n) is 4.45. The van der Waals surface area contributed by atoms with Gasteiger partial charge in [-0.2, -0.15) is 0 Å². The van der Waals surface area contributed by atoms with E-state index in [0.717, 1.165) is 36.2 Å². The second-order valence-corrected chi connectivity index (χ2v) is 5.97. The molecule has 0 aliphatic carbocycles. The van der Waals surface area contributed by atoms with Crippen LogP contribution in [0, 0.1) is 19.7 Å². The molecule has 0 aromatic heterocycles. The van der Waals surface area contributed by atoms with Crippen LogP contribution in [0.25, 0.3) is 11.1 Å². The molecular weight excluding hydrogens is 277 g/mol. The van der Waals surface area contributed by atoms with Crippen molar-refractivity contribution in [2.45, 2.75) is 33.0 Å². The lowest BCUT2D eigenvalue weighted by Gasteiger charge is -2.16. The van der Waals surface area contributed by atoms with E-state index in [1.807, 2.05) is 12.1 Å². The molecule has 0 amide bonds. The van der Waals surface area contributed by atoms with Crippen LogP contribution in [-0.2, 0) is 11.3 Å². The van der Waals surface area contributed by atoms with Gasteiger partial charge in [0.15, 0.2) is 0 Å². The zero-order valence-electron chi connectivity index (χ0n) is 13.2. The smallest absolute Gasteiger partial charge is 0.123 e. The third-order valence-corrected chi connectivity index (χ3v) is 4.45. The van der Waals surface area contributed by atoms with Gasteiger partial charge in [0.25, 0.3) is 0 Å². The predicted molar refractivity (Wildman–Crippen MR) is 87.4 cm³/mol. The zero-order valence-corrected chi connectivity index (χ0v) is 13.2. The topological polar surface area (TPSA) is 21.3 Å². The second kappa shape index (κ2) is 6.59. The van der Waals surface area contributed by atoms with E-state index in [1.165, 1.54) is 17.2 Å². The lowest BCUT2D eigenvalue weighted by Crippen LogP contribution is -2.16. The van der Waals surface area contributed by atoms with Crippen LogP contribution in [0.1, 0.15) is 23.1 Å². The molecule has 1 aliphatic rings. The Bertz CT molecular complexity index is 662. The highest BCUT2D eigenvalue weighted by atomic mass is 19.1. The number of nitrogens with one attached hydrogen (secondary N) is 1. The molecule has 2 aromatic rings. The molecule has 2 nitrogen and oxygen atoms in total. The normalized spacial score (nSPS) is 17.9. The first kappa shape index (κ1) is 15.2. The van der Waals surface area contributed by atoms with Crippen LogP contribution in [0.2, 0.25) is 0 Å². The quantitative estimate of drug-likeness (QED) is 0.921. The summed E-state index contributed by atoms with van der Waals surface area (Å²) >= 11 is 0. The Labute approximate surface area is 131 Å². The van der Waals surface area contributed by atoms with Crippen molar-refractivity contribution >= 4 is 0 Å². The lowest BCUT2D eigenvalue weighted by atomic mass is 9.94. The van der Waals surface area contributed by atoms with Crippen LogP contribution in [0.5, 0.6) is 0 Å². The van der Waals surface area contributed by atoms with Crippen molar-refractivity contribution < 1.29 is 9.13 Å². The minimum Gasteiger partial charge on any atom is -0.372 e. The monoisotopic (exact) mass is 299 g/mol. The number of hydrogen-bond acceptors (Lipinski definition) is 2. The van der Waals surface area contributed by atoms with Crippen LogP contribution in [0.3, 0.4) is 0 Å². The molecule has 1 saturated heterocycles. The highest BCUT2D eigenvalue weighted by molar-refractivity contribution is 5.71. The molecule has 1 N–H and O–H groups in total. The first-order valence-electron chi connectivity index (χ1n) is 7.82. The van der Waals surface area contributed by atoms with Gasteiger partial charge < -0.3 is 10.1 Å². The average molecular weight is 299 g/mol. The molecular formula is C19H22FNO. The Morgan fingerprint density at radius 3 is 2.82 bits per heavy atom. The molecule has 0 bridgehead atoms. The van der Waals surface area contributed by atoms with Gasteiger partial charge in [-0.25, -0.2) is 4.39 Å². The van der Waals surface area contributed by atoms with Gasteiger partial charge in [0.2, 0.25) is 0 Å². The summed E-state index contributed by atoms with van der Waals surface area (Å²) in [5, 5.41) is 3.28. The standard InChI is InChI=1S/C19H22FNO/c1-13-4-3-5-18(14(13)2)19-7-6-16(20)10-15(19)12-22-17-8-9-21-11-17/h3-7,10,17,21H,8-9,11-12H2,1-2H3. The van der Waals surface area contributed by atoms with Crippen LogP contribution >= 0.6 is 0 Å². The number of hydrogen-bond donors (Lipinski definition) is 1. The van der Waals surface area contributed by atoms with E-state index in [9.17, 15) is 4.39 Å². The average Bonchev–Trinajstić information content (AvgIpc) is 3.02. The SMILES string of the molecule is Cc1cccc(-c2ccc(F)cc2COC2CCNC2)c1C. The molecule has 0 saturated carbocycles. The molecule has 1 atom stereocenters. The number of aryl methyl sites for hydroxylation is 1. The van der Waals surface area contributed by atoms with E-state index in [4.69, 9.17) is 4.74 Å². The van der Waals surface area contributed by atoms with Gasteiger partial charge in [0, 0.05) is 6.54 Å². The lowest BCUT2D eigenvalue weighted by molar-refractivity contribution is 0.0543. The summed E-state index contributed by atoms with van der Waals surface area (Å²) in [6, 6.07) is 11.2. The fourth-order valence-corrected chi connectivity index (χ4v) is 2.97. The number of halogens is 1. The molecule has 0 spiro atoms. The molecule has 3 rings (SSSR count). The van der Waals surface area contributed by atoms with E-state index in [1.54, 1.807) is 6.07 Å². The Kier molecular flexibility index (Phi) is 4.55. The van der Waals surface area contributed by atoms with Gasteiger partial charge in [0.05, 0.1) is 12.7 Å². The van der Waals surface area contributed by atoms with Crippen molar-refractivity contribution in [1.82, 2.24) is 5.32 Å². The number of ether oxygens (including phenoxy) is 1. The van der Waals surface area contributed by atoms with Crippen molar-refractivity contribution in [1.29, 1.82) is 0 Å². The van der Waals surface area contributed by atoms with Gasteiger partial charge in [0.1, 0.15) is 5.82 Å². The molecule has 116 valence electrons. The third kappa shape index (κ3) is 3.21. The summed E-state index contributed by atoms with van der Waals surface area (Å²) in [4.78, 5) is 0. The maximum Gasteiger partial charge on any atom is 0.123 e. The molecule has 2 aromatic carbocycles. The van der Waals surface area contributed by atoms with Gasteiger partial charge >= 0.3 is 0 Å². The zero-order chi connectivity index (χ0) is 15.5. The highest BCUT2D eigenvalue weighted by Crippen LogP contribution is 2.30. The molecule has 0 radical (unpaired) electrons. The van der Waals surface area contributed by atoms with Gasteiger partial charge in [-0.05, 0) is 66.8 Å². The fraction of sp³-hybridized carbons (Fsp3) is 0.368. The van der Waals surface area contributed by atoms with E-state index in [2.05, 4.69) is 31.3 Å². The van der Waals surface area contributed by atoms with E-state index in [0.29, 0.717) is 6.61 Å². The molecule has 1 unspecified atom stereocenters. The van der Waals surface area contributed by atoms with Crippen molar-refractivity contribution in [3.05, 3.63) is 58.9 Å². The van der Waals surface area contributed by atoms with Gasteiger partial charge in [-0.3, -0.25) is 0 Å². The molecule has 1 fully saturated rings. The summed E-state index contributed by atoms with van der Waals surface area (Å²) in [6.45, 7) is 6.54. The second-order valence-electron chi connectivity index (χ2n) is 5.97. The van der Waals surface area contributed by atoms with Crippen LogP contribution < -0.4 is 5.32 Å². The van der Waals surface area contributed by atoms with Crippen molar-refractivity contribution in [2.24, 2.45) is 0 Å².